The topological polar surface area (TPSA) is 103 Å². The van der Waals surface area contributed by atoms with Crippen molar-refractivity contribution in [1.29, 1.82) is 5.26 Å². The maximum atomic E-state index is 11.4. The van der Waals surface area contributed by atoms with Gasteiger partial charge >= 0.3 is 5.97 Å². The molecule has 7 heteroatoms. The van der Waals surface area contributed by atoms with Crippen molar-refractivity contribution in [3.63, 3.8) is 0 Å². The molecule has 110 valence electrons. The van der Waals surface area contributed by atoms with Crippen LogP contribution in [0.1, 0.15) is 11.1 Å². The van der Waals surface area contributed by atoms with Crippen molar-refractivity contribution in [2.45, 2.75) is 12.6 Å². The lowest BCUT2D eigenvalue weighted by molar-refractivity contribution is -0.146. The summed E-state index contributed by atoms with van der Waals surface area (Å²) in [6, 6.07) is 6.32. The fourth-order valence-corrected chi connectivity index (χ4v) is 2.28. The predicted molar refractivity (Wildman–Crippen MR) is 72.6 cm³/mol. The van der Waals surface area contributed by atoms with Gasteiger partial charge in [-0.2, -0.15) is 5.26 Å². The van der Waals surface area contributed by atoms with Crippen LogP contribution in [0, 0.1) is 11.3 Å². The molecule has 1 amide bonds. The number of hydrogen-bond donors (Lipinski definition) is 2. The number of aliphatic carboxylic acids is 1. The standard InChI is InChI=1S/C14H15N3O4/c1-21-12-3-2-9(4-10(12)5-15)7-17-8-13(18)16-6-11(17)14(19)20/h2-4,11H,6-8H2,1H3,(H,16,18)(H,19,20). The van der Waals surface area contributed by atoms with E-state index in [-0.39, 0.29) is 25.5 Å². The number of hydrogen-bond acceptors (Lipinski definition) is 5. The van der Waals surface area contributed by atoms with E-state index in [9.17, 15) is 14.7 Å². The highest BCUT2D eigenvalue weighted by Crippen LogP contribution is 2.20. The van der Waals surface area contributed by atoms with E-state index in [1.165, 1.54) is 7.11 Å². The van der Waals surface area contributed by atoms with Crippen LogP contribution < -0.4 is 10.1 Å². The molecule has 21 heavy (non-hydrogen) atoms. The van der Waals surface area contributed by atoms with Crippen LogP contribution in [0.3, 0.4) is 0 Å². The Morgan fingerprint density at radius 2 is 2.38 bits per heavy atom. The van der Waals surface area contributed by atoms with Crippen LogP contribution in [-0.4, -0.2) is 48.1 Å². The van der Waals surface area contributed by atoms with Gasteiger partial charge in [0.15, 0.2) is 0 Å². The summed E-state index contributed by atoms with van der Waals surface area (Å²) in [6.45, 7) is 0.378. The summed E-state index contributed by atoms with van der Waals surface area (Å²) in [7, 11) is 1.48. The van der Waals surface area contributed by atoms with E-state index in [2.05, 4.69) is 5.32 Å². The summed E-state index contributed by atoms with van der Waals surface area (Å²) in [5.41, 5.74) is 1.14. The molecule has 1 aromatic carbocycles. The molecule has 1 atom stereocenters. The van der Waals surface area contributed by atoms with Gasteiger partial charge in [0.05, 0.1) is 19.2 Å². The first-order valence-electron chi connectivity index (χ1n) is 6.35. The zero-order chi connectivity index (χ0) is 15.4. The van der Waals surface area contributed by atoms with E-state index in [4.69, 9.17) is 10.00 Å². The van der Waals surface area contributed by atoms with Gasteiger partial charge in [0.2, 0.25) is 5.91 Å². The van der Waals surface area contributed by atoms with Gasteiger partial charge in [0.1, 0.15) is 17.9 Å². The Balaban J connectivity index is 2.21. The molecule has 1 fully saturated rings. The zero-order valence-electron chi connectivity index (χ0n) is 11.5. The van der Waals surface area contributed by atoms with E-state index in [1.54, 1.807) is 23.1 Å². The fourth-order valence-electron chi connectivity index (χ4n) is 2.28. The Morgan fingerprint density at radius 1 is 1.62 bits per heavy atom. The number of carbonyl (C=O) groups is 2. The number of benzene rings is 1. The molecule has 0 saturated carbocycles. The number of piperazine rings is 1. The summed E-state index contributed by atoms with van der Waals surface area (Å²) in [5, 5.41) is 20.8. The zero-order valence-corrected chi connectivity index (χ0v) is 11.5. The minimum Gasteiger partial charge on any atom is -0.495 e. The Bertz CT molecular complexity index is 609. The van der Waals surface area contributed by atoms with E-state index in [1.807, 2.05) is 6.07 Å². The van der Waals surface area contributed by atoms with Gasteiger partial charge in [0, 0.05) is 13.1 Å². The molecule has 1 unspecified atom stereocenters. The number of nitrogens with zero attached hydrogens (tertiary/aromatic N) is 2. The van der Waals surface area contributed by atoms with Crippen LogP contribution in [0.15, 0.2) is 18.2 Å². The highest BCUT2D eigenvalue weighted by atomic mass is 16.5. The van der Waals surface area contributed by atoms with Crippen LogP contribution in [0.25, 0.3) is 0 Å². The normalized spacial score (nSPS) is 18.7. The van der Waals surface area contributed by atoms with Gasteiger partial charge in [0.25, 0.3) is 0 Å². The molecule has 0 spiro atoms. The molecule has 0 aromatic heterocycles. The number of methoxy groups -OCH3 is 1. The Kier molecular flexibility index (Phi) is 4.40. The molecular weight excluding hydrogens is 274 g/mol. The van der Waals surface area contributed by atoms with Crippen molar-refractivity contribution in [3.05, 3.63) is 29.3 Å². The number of carboxylic acids is 1. The third-order valence-electron chi connectivity index (χ3n) is 3.34. The summed E-state index contributed by atoms with van der Waals surface area (Å²) >= 11 is 0. The predicted octanol–water partition coefficient (Wildman–Crippen LogP) is -0.0481. The Morgan fingerprint density at radius 3 is 3.00 bits per heavy atom. The Hall–Kier alpha value is -2.59. The lowest BCUT2D eigenvalue weighted by Gasteiger charge is -2.32. The summed E-state index contributed by atoms with van der Waals surface area (Å²) < 4.78 is 5.06. The number of carboxylic acid groups (broad SMARTS) is 1. The first kappa shape index (κ1) is 14.8. The van der Waals surface area contributed by atoms with Crippen molar-refractivity contribution in [3.8, 4) is 11.8 Å². The van der Waals surface area contributed by atoms with Crippen molar-refractivity contribution in [2.75, 3.05) is 20.2 Å². The summed E-state index contributed by atoms with van der Waals surface area (Å²) in [4.78, 5) is 24.2. The second kappa shape index (κ2) is 6.24. The van der Waals surface area contributed by atoms with Crippen LogP contribution in [0.5, 0.6) is 5.75 Å². The monoisotopic (exact) mass is 289 g/mol. The highest BCUT2D eigenvalue weighted by molar-refractivity contribution is 5.83. The minimum atomic E-state index is -0.982. The lowest BCUT2D eigenvalue weighted by Crippen LogP contribution is -2.56. The van der Waals surface area contributed by atoms with Crippen LogP contribution in [0.4, 0.5) is 0 Å². The highest BCUT2D eigenvalue weighted by Gasteiger charge is 2.31. The molecule has 2 rings (SSSR count). The van der Waals surface area contributed by atoms with Crippen LogP contribution in [-0.2, 0) is 16.1 Å². The number of nitrogens with one attached hydrogen (secondary N) is 1. The van der Waals surface area contributed by atoms with Gasteiger partial charge in [-0.15, -0.1) is 0 Å². The average molecular weight is 289 g/mol. The van der Waals surface area contributed by atoms with Gasteiger partial charge in [-0.3, -0.25) is 14.5 Å². The lowest BCUT2D eigenvalue weighted by atomic mass is 10.1. The number of ether oxygens (including phenoxy) is 1. The molecule has 0 radical (unpaired) electrons. The maximum Gasteiger partial charge on any atom is 0.322 e. The maximum absolute atomic E-state index is 11.4. The molecule has 7 nitrogen and oxygen atoms in total. The first-order valence-corrected chi connectivity index (χ1v) is 6.35. The smallest absolute Gasteiger partial charge is 0.322 e. The molecule has 1 aromatic rings. The van der Waals surface area contributed by atoms with E-state index in [0.717, 1.165) is 5.56 Å². The van der Waals surface area contributed by atoms with Crippen LogP contribution >= 0.6 is 0 Å². The third-order valence-corrected chi connectivity index (χ3v) is 3.34. The van der Waals surface area contributed by atoms with Crippen molar-refractivity contribution < 1.29 is 19.4 Å². The number of nitriles is 1. The molecule has 1 heterocycles. The first-order chi connectivity index (χ1) is 10.0. The largest absolute Gasteiger partial charge is 0.495 e. The van der Waals surface area contributed by atoms with Crippen molar-refractivity contribution in [2.24, 2.45) is 0 Å². The van der Waals surface area contributed by atoms with Crippen molar-refractivity contribution >= 4 is 11.9 Å². The quantitative estimate of drug-likeness (QED) is 0.805. The second-order valence-electron chi connectivity index (χ2n) is 4.71. The van der Waals surface area contributed by atoms with Gasteiger partial charge in [-0.05, 0) is 17.7 Å². The van der Waals surface area contributed by atoms with Gasteiger partial charge in [-0.1, -0.05) is 6.07 Å². The molecule has 1 aliphatic rings. The Labute approximate surface area is 121 Å². The summed E-state index contributed by atoms with van der Waals surface area (Å²) in [5.74, 6) is -0.724. The SMILES string of the molecule is COc1ccc(CN2CC(=O)NCC2C(=O)O)cc1C#N. The molecule has 1 aliphatic heterocycles. The van der Waals surface area contributed by atoms with Crippen molar-refractivity contribution in [1.82, 2.24) is 10.2 Å². The fraction of sp³-hybridized carbons (Fsp3) is 0.357. The van der Waals surface area contributed by atoms with E-state index in [0.29, 0.717) is 11.3 Å². The second-order valence-corrected chi connectivity index (χ2v) is 4.71. The molecule has 0 bridgehead atoms. The molecule has 2 N–H and O–H groups in total. The number of amides is 1. The van der Waals surface area contributed by atoms with Gasteiger partial charge in [-0.25, -0.2) is 0 Å². The van der Waals surface area contributed by atoms with E-state index < -0.39 is 12.0 Å². The number of carbonyl (C=O) groups excluding carboxylic acids is 1. The minimum absolute atomic E-state index is 0.0187. The summed E-state index contributed by atoms with van der Waals surface area (Å²) in [6.07, 6.45) is 0. The third kappa shape index (κ3) is 3.30. The molecule has 0 aliphatic carbocycles. The molecule has 1 saturated heterocycles. The average Bonchev–Trinajstić information content (AvgIpc) is 2.46. The number of rotatable bonds is 4. The van der Waals surface area contributed by atoms with Gasteiger partial charge < -0.3 is 15.2 Å². The molecular formula is C14H15N3O4. The van der Waals surface area contributed by atoms with E-state index >= 15 is 0 Å². The van der Waals surface area contributed by atoms with Crippen LogP contribution in [0.2, 0.25) is 0 Å².